The summed E-state index contributed by atoms with van der Waals surface area (Å²) in [5.41, 5.74) is 1.48. The average Bonchev–Trinajstić information content (AvgIpc) is 3.58. The Morgan fingerprint density at radius 3 is 2.47 bits per heavy atom. The molecular weight excluding hydrogens is 402 g/mol. The highest BCUT2D eigenvalue weighted by Gasteiger charge is 2.44. The molecule has 7 nitrogen and oxygen atoms in total. The minimum Gasteiger partial charge on any atom is -0.495 e. The van der Waals surface area contributed by atoms with Gasteiger partial charge in [0.2, 0.25) is 15.9 Å². The second-order valence-electron chi connectivity index (χ2n) is 7.90. The van der Waals surface area contributed by atoms with Gasteiger partial charge in [0, 0.05) is 31.4 Å². The molecule has 30 heavy (non-hydrogen) atoms. The molecule has 1 aromatic carbocycles. The van der Waals surface area contributed by atoms with Gasteiger partial charge in [-0.25, -0.2) is 8.42 Å². The maximum Gasteiger partial charge on any atom is 0.243 e. The van der Waals surface area contributed by atoms with Crippen LogP contribution in [0.1, 0.15) is 43.6 Å². The van der Waals surface area contributed by atoms with E-state index in [2.05, 4.69) is 10.3 Å². The van der Waals surface area contributed by atoms with E-state index in [0.717, 1.165) is 37.7 Å². The van der Waals surface area contributed by atoms with Crippen LogP contribution in [0.2, 0.25) is 0 Å². The Bertz CT molecular complexity index is 1000. The standard InChI is InChI=1S/C22H27N3O4S/c1-29-21-7-6-17(30(27,28)25-12-4-2-3-5-13-25)14-20(21)24-22(26)19-15-18(19)16-8-10-23-11-9-16/h6-11,14,18-19H,2-5,12-13,15H2,1H3,(H,24,26)/t18-,19+/m0/s1. The maximum absolute atomic E-state index is 13.1. The van der Waals surface area contributed by atoms with Crippen molar-refractivity contribution in [3.8, 4) is 5.75 Å². The fourth-order valence-electron chi connectivity index (χ4n) is 4.07. The molecule has 1 saturated heterocycles. The first-order valence-electron chi connectivity index (χ1n) is 10.4. The SMILES string of the molecule is COc1ccc(S(=O)(=O)N2CCCCCC2)cc1NC(=O)[C@@H]1C[C@H]1c1ccncc1. The van der Waals surface area contributed by atoms with Gasteiger partial charge < -0.3 is 10.1 Å². The van der Waals surface area contributed by atoms with E-state index in [0.29, 0.717) is 24.5 Å². The number of benzene rings is 1. The van der Waals surface area contributed by atoms with Gasteiger partial charge in [-0.3, -0.25) is 9.78 Å². The number of nitrogens with one attached hydrogen (secondary N) is 1. The van der Waals surface area contributed by atoms with Gasteiger partial charge >= 0.3 is 0 Å². The zero-order valence-corrected chi connectivity index (χ0v) is 17.9. The molecule has 1 aliphatic carbocycles. The summed E-state index contributed by atoms with van der Waals surface area (Å²) in [6.45, 7) is 1.07. The number of methoxy groups -OCH3 is 1. The van der Waals surface area contributed by atoms with E-state index in [9.17, 15) is 13.2 Å². The van der Waals surface area contributed by atoms with Gasteiger partial charge in [-0.1, -0.05) is 12.8 Å². The number of pyridine rings is 1. The van der Waals surface area contributed by atoms with Crippen LogP contribution in [-0.2, 0) is 14.8 Å². The third-order valence-electron chi connectivity index (χ3n) is 5.89. The molecule has 2 fully saturated rings. The van der Waals surface area contributed by atoms with Gasteiger partial charge in [0.1, 0.15) is 5.75 Å². The molecule has 2 atom stereocenters. The number of nitrogens with zero attached hydrogens (tertiary/aromatic N) is 2. The minimum absolute atomic E-state index is 0.126. The van der Waals surface area contributed by atoms with Crippen molar-refractivity contribution in [3.05, 3.63) is 48.3 Å². The van der Waals surface area contributed by atoms with Crippen molar-refractivity contribution >= 4 is 21.6 Å². The first-order chi connectivity index (χ1) is 14.5. The molecule has 1 amide bonds. The number of hydrogen-bond donors (Lipinski definition) is 1. The Kier molecular flexibility index (Phi) is 6.06. The summed E-state index contributed by atoms with van der Waals surface area (Å²) in [6.07, 6.45) is 8.07. The smallest absolute Gasteiger partial charge is 0.243 e. The van der Waals surface area contributed by atoms with Crippen molar-refractivity contribution in [1.82, 2.24) is 9.29 Å². The summed E-state index contributed by atoms with van der Waals surface area (Å²) >= 11 is 0. The summed E-state index contributed by atoms with van der Waals surface area (Å²) in [6, 6.07) is 8.51. The highest BCUT2D eigenvalue weighted by atomic mass is 32.2. The first-order valence-corrected chi connectivity index (χ1v) is 11.8. The van der Waals surface area contributed by atoms with E-state index < -0.39 is 10.0 Å². The fraction of sp³-hybridized carbons (Fsp3) is 0.455. The van der Waals surface area contributed by atoms with E-state index in [1.165, 1.54) is 13.2 Å². The lowest BCUT2D eigenvalue weighted by Crippen LogP contribution is -2.32. The zero-order chi connectivity index (χ0) is 21.1. The monoisotopic (exact) mass is 429 g/mol. The number of ether oxygens (including phenoxy) is 1. The van der Waals surface area contributed by atoms with Crippen molar-refractivity contribution < 1.29 is 17.9 Å². The number of amides is 1. The second kappa shape index (κ2) is 8.73. The summed E-state index contributed by atoms with van der Waals surface area (Å²) in [4.78, 5) is 17.0. The number of anilines is 1. The number of sulfonamides is 1. The Labute approximate surface area is 177 Å². The predicted octanol–water partition coefficient (Wildman–Crippen LogP) is 3.40. The Balaban J connectivity index is 1.52. The van der Waals surface area contributed by atoms with Crippen LogP contribution in [0.5, 0.6) is 5.75 Å². The molecule has 0 bridgehead atoms. The van der Waals surface area contributed by atoms with Crippen molar-refractivity contribution in [2.24, 2.45) is 5.92 Å². The number of carbonyl (C=O) groups is 1. The quantitative estimate of drug-likeness (QED) is 0.760. The van der Waals surface area contributed by atoms with Crippen LogP contribution >= 0.6 is 0 Å². The summed E-state index contributed by atoms with van der Waals surface area (Å²) < 4.78 is 33.2. The number of aromatic nitrogens is 1. The molecule has 4 rings (SSSR count). The van der Waals surface area contributed by atoms with E-state index in [1.54, 1.807) is 28.8 Å². The van der Waals surface area contributed by atoms with Crippen molar-refractivity contribution in [3.63, 3.8) is 0 Å². The van der Waals surface area contributed by atoms with E-state index in [1.807, 2.05) is 12.1 Å². The normalized spacial score (nSPS) is 22.2. The predicted molar refractivity (Wildman–Crippen MR) is 114 cm³/mol. The van der Waals surface area contributed by atoms with Gasteiger partial charge in [-0.15, -0.1) is 0 Å². The molecule has 160 valence electrons. The van der Waals surface area contributed by atoms with E-state index >= 15 is 0 Å². The molecular formula is C22H27N3O4S. The topological polar surface area (TPSA) is 88.6 Å². The molecule has 2 heterocycles. The minimum atomic E-state index is -3.61. The highest BCUT2D eigenvalue weighted by molar-refractivity contribution is 7.89. The molecule has 1 saturated carbocycles. The van der Waals surface area contributed by atoms with Gasteiger partial charge in [0.15, 0.2) is 0 Å². The van der Waals surface area contributed by atoms with Gasteiger partial charge in [-0.05, 0) is 61.1 Å². The number of hydrogen-bond acceptors (Lipinski definition) is 5. The van der Waals surface area contributed by atoms with Gasteiger partial charge in [-0.2, -0.15) is 4.31 Å². The third kappa shape index (κ3) is 4.34. The molecule has 1 aromatic heterocycles. The van der Waals surface area contributed by atoms with Crippen LogP contribution in [0.25, 0.3) is 0 Å². The van der Waals surface area contributed by atoms with Crippen molar-refractivity contribution in [1.29, 1.82) is 0 Å². The Morgan fingerprint density at radius 2 is 1.80 bits per heavy atom. The van der Waals surface area contributed by atoms with Crippen LogP contribution in [0.3, 0.4) is 0 Å². The lowest BCUT2D eigenvalue weighted by atomic mass is 10.1. The van der Waals surface area contributed by atoms with Crippen LogP contribution in [0.4, 0.5) is 5.69 Å². The lowest BCUT2D eigenvalue weighted by molar-refractivity contribution is -0.117. The molecule has 2 aliphatic rings. The summed E-state index contributed by atoms with van der Waals surface area (Å²) in [5.74, 6) is 0.352. The van der Waals surface area contributed by atoms with E-state index in [4.69, 9.17) is 4.74 Å². The highest BCUT2D eigenvalue weighted by Crippen LogP contribution is 2.48. The van der Waals surface area contributed by atoms with Crippen LogP contribution in [0.15, 0.2) is 47.6 Å². The molecule has 1 N–H and O–H groups in total. The lowest BCUT2D eigenvalue weighted by Gasteiger charge is -2.21. The van der Waals surface area contributed by atoms with E-state index in [-0.39, 0.29) is 22.6 Å². The van der Waals surface area contributed by atoms with Crippen molar-refractivity contribution in [2.75, 3.05) is 25.5 Å². The summed E-state index contributed by atoms with van der Waals surface area (Å²) in [7, 11) is -2.10. The van der Waals surface area contributed by atoms with Gasteiger partial charge in [0.05, 0.1) is 17.7 Å². The third-order valence-corrected chi connectivity index (χ3v) is 7.79. The van der Waals surface area contributed by atoms with Crippen LogP contribution in [-0.4, -0.2) is 43.8 Å². The molecule has 0 unspecified atom stereocenters. The molecule has 2 aromatic rings. The van der Waals surface area contributed by atoms with Crippen molar-refractivity contribution in [2.45, 2.75) is 42.9 Å². The maximum atomic E-state index is 13.1. The molecule has 0 radical (unpaired) electrons. The molecule has 0 spiro atoms. The van der Waals surface area contributed by atoms with Gasteiger partial charge in [0.25, 0.3) is 0 Å². The average molecular weight is 430 g/mol. The second-order valence-corrected chi connectivity index (χ2v) is 9.84. The zero-order valence-electron chi connectivity index (χ0n) is 17.1. The first kappa shape index (κ1) is 20.8. The fourth-order valence-corrected chi connectivity index (χ4v) is 5.61. The summed E-state index contributed by atoms with van der Waals surface area (Å²) in [5, 5.41) is 2.89. The molecule has 1 aliphatic heterocycles. The largest absolute Gasteiger partial charge is 0.495 e. The Hall–Kier alpha value is -2.45. The van der Waals surface area contributed by atoms with Crippen LogP contribution in [0, 0.1) is 5.92 Å². The molecule has 8 heteroatoms. The number of rotatable bonds is 6. The Morgan fingerprint density at radius 1 is 1.10 bits per heavy atom. The van der Waals surface area contributed by atoms with Crippen LogP contribution < -0.4 is 10.1 Å². The number of carbonyl (C=O) groups excluding carboxylic acids is 1.